The number of nitrogens with one attached hydrogen (secondary N) is 1. The highest BCUT2D eigenvalue weighted by atomic mass is 16.7. The van der Waals surface area contributed by atoms with E-state index >= 15 is 0 Å². The Kier molecular flexibility index (Phi) is 5.87. The van der Waals surface area contributed by atoms with Crippen molar-refractivity contribution in [3.05, 3.63) is 35.9 Å². The van der Waals surface area contributed by atoms with Gasteiger partial charge in [-0.3, -0.25) is 4.79 Å². The van der Waals surface area contributed by atoms with E-state index in [-0.39, 0.29) is 12.5 Å². The maximum absolute atomic E-state index is 11.3. The van der Waals surface area contributed by atoms with Crippen molar-refractivity contribution in [3.8, 4) is 0 Å². The Morgan fingerprint density at radius 1 is 1.27 bits per heavy atom. The zero-order valence-corrected chi connectivity index (χ0v) is 12.3. The summed E-state index contributed by atoms with van der Waals surface area (Å²) in [6.45, 7) is 1.05. The highest BCUT2D eigenvalue weighted by Gasteiger charge is 2.45. The second kappa shape index (κ2) is 7.66. The highest BCUT2D eigenvalue weighted by molar-refractivity contribution is 5.73. The zero-order chi connectivity index (χ0) is 16.1. The standard InChI is InChI=1S/C15H21NO6/c1-9(18)16-12-14(20)13(19)11(7-17)22-15(12)21-8-10-5-3-2-4-6-10/h2-6,11-15,17,19-20H,7-8H2,1H3,(H,16,18)/t11-,12+,13-,14+,15+/m1/s1. The lowest BCUT2D eigenvalue weighted by Gasteiger charge is -2.42. The third-order valence-electron chi connectivity index (χ3n) is 3.51. The maximum Gasteiger partial charge on any atom is 0.217 e. The summed E-state index contributed by atoms with van der Waals surface area (Å²) in [5.74, 6) is -0.379. The van der Waals surface area contributed by atoms with Crippen molar-refractivity contribution in [2.75, 3.05) is 6.61 Å². The van der Waals surface area contributed by atoms with Crippen molar-refractivity contribution in [1.82, 2.24) is 5.32 Å². The first kappa shape index (κ1) is 16.9. The molecule has 4 N–H and O–H groups in total. The molecule has 5 atom stereocenters. The van der Waals surface area contributed by atoms with Gasteiger partial charge in [-0.1, -0.05) is 30.3 Å². The number of hydrogen-bond acceptors (Lipinski definition) is 6. The molecular weight excluding hydrogens is 290 g/mol. The normalized spacial score (nSPS) is 31.7. The summed E-state index contributed by atoms with van der Waals surface area (Å²) in [6.07, 6.45) is -4.55. The third-order valence-corrected chi connectivity index (χ3v) is 3.51. The number of aliphatic hydroxyl groups is 3. The number of ether oxygens (including phenoxy) is 2. The Bertz CT molecular complexity index is 482. The van der Waals surface area contributed by atoms with Gasteiger partial charge >= 0.3 is 0 Å². The number of aliphatic hydroxyl groups excluding tert-OH is 3. The first-order valence-electron chi connectivity index (χ1n) is 7.08. The van der Waals surface area contributed by atoms with Crippen LogP contribution in [-0.4, -0.2) is 58.5 Å². The van der Waals surface area contributed by atoms with Crippen LogP contribution in [0.3, 0.4) is 0 Å². The average Bonchev–Trinajstić information content (AvgIpc) is 2.52. The minimum absolute atomic E-state index is 0.211. The van der Waals surface area contributed by atoms with E-state index < -0.39 is 37.3 Å². The molecule has 1 aromatic rings. The Labute approximate surface area is 128 Å². The molecule has 1 aliphatic heterocycles. The van der Waals surface area contributed by atoms with Crippen LogP contribution in [0.5, 0.6) is 0 Å². The van der Waals surface area contributed by atoms with Gasteiger partial charge in [0.05, 0.1) is 13.2 Å². The molecule has 0 aliphatic carbocycles. The Balaban J connectivity index is 2.07. The SMILES string of the molecule is CC(=O)N[C@@H]1[C@@H](OCc2ccccc2)O[C@H](CO)[C@@H](O)[C@H]1O. The van der Waals surface area contributed by atoms with Crippen molar-refractivity contribution in [3.63, 3.8) is 0 Å². The summed E-state index contributed by atoms with van der Waals surface area (Å²) in [7, 11) is 0. The van der Waals surface area contributed by atoms with Crippen LogP contribution in [0.1, 0.15) is 12.5 Å². The highest BCUT2D eigenvalue weighted by Crippen LogP contribution is 2.23. The lowest BCUT2D eigenvalue weighted by atomic mass is 9.97. The lowest BCUT2D eigenvalue weighted by molar-refractivity contribution is -0.273. The van der Waals surface area contributed by atoms with E-state index in [0.29, 0.717) is 0 Å². The molecule has 1 aliphatic rings. The van der Waals surface area contributed by atoms with Crippen molar-refractivity contribution >= 4 is 5.91 Å². The molecule has 1 saturated heterocycles. The predicted molar refractivity (Wildman–Crippen MR) is 76.6 cm³/mol. The molecule has 0 aromatic heterocycles. The van der Waals surface area contributed by atoms with Gasteiger partial charge in [0.15, 0.2) is 6.29 Å². The zero-order valence-electron chi connectivity index (χ0n) is 12.3. The summed E-state index contributed by atoms with van der Waals surface area (Å²) in [5, 5.41) is 31.7. The van der Waals surface area contributed by atoms with Crippen molar-refractivity contribution in [2.24, 2.45) is 0 Å². The Morgan fingerprint density at radius 3 is 2.55 bits per heavy atom. The van der Waals surface area contributed by atoms with Crippen molar-refractivity contribution < 1.29 is 29.6 Å². The molecule has 0 spiro atoms. The second-order valence-electron chi connectivity index (χ2n) is 5.23. The summed E-state index contributed by atoms with van der Waals surface area (Å²) in [6, 6.07) is 8.42. The van der Waals surface area contributed by atoms with Crippen LogP contribution in [-0.2, 0) is 20.9 Å². The molecule has 7 nitrogen and oxygen atoms in total. The minimum Gasteiger partial charge on any atom is -0.394 e. The fourth-order valence-corrected chi connectivity index (χ4v) is 2.37. The topological polar surface area (TPSA) is 108 Å². The molecule has 1 amide bonds. The molecule has 0 bridgehead atoms. The van der Waals surface area contributed by atoms with E-state index in [1.165, 1.54) is 6.92 Å². The van der Waals surface area contributed by atoms with Gasteiger partial charge in [0.25, 0.3) is 0 Å². The van der Waals surface area contributed by atoms with Crippen LogP contribution < -0.4 is 5.32 Å². The molecule has 122 valence electrons. The molecule has 0 radical (unpaired) electrons. The van der Waals surface area contributed by atoms with E-state index in [9.17, 15) is 20.1 Å². The molecule has 0 unspecified atom stereocenters. The molecule has 0 saturated carbocycles. The average molecular weight is 311 g/mol. The molecular formula is C15H21NO6. The fourth-order valence-electron chi connectivity index (χ4n) is 2.37. The van der Waals surface area contributed by atoms with Crippen LogP contribution in [0.15, 0.2) is 30.3 Å². The van der Waals surface area contributed by atoms with Crippen LogP contribution in [0.2, 0.25) is 0 Å². The van der Waals surface area contributed by atoms with Crippen LogP contribution in [0, 0.1) is 0 Å². The van der Waals surface area contributed by atoms with Crippen LogP contribution >= 0.6 is 0 Å². The van der Waals surface area contributed by atoms with E-state index in [2.05, 4.69) is 5.32 Å². The fraction of sp³-hybridized carbons (Fsp3) is 0.533. The maximum atomic E-state index is 11.3. The van der Waals surface area contributed by atoms with Gasteiger partial charge in [0.2, 0.25) is 5.91 Å². The summed E-state index contributed by atoms with van der Waals surface area (Å²) in [5.41, 5.74) is 0.897. The predicted octanol–water partition coefficient (Wildman–Crippen LogP) is -0.853. The van der Waals surface area contributed by atoms with Gasteiger partial charge < -0.3 is 30.1 Å². The molecule has 1 aromatic carbocycles. The monoisotopic (exact) mass is 311 g/mol. The van der Waals surface area contributed by atoms with Gasteiger partial charge in [-0.15, -0.1) is 0 Å². The lowest BCUT2D eigenvalue weighted by Crippen LogP contribution is -2.64. The number of carbonyl (C=O) groups is 1. The molecule has 22 heavy (non-hydrogen) atoms. The molecule has 7 heteroatoms. The van der Waals surface area contributed by atoms with Crippen LogP contribution in [0.25, 0.3) is 0 Å². The molecule has 1 fully saturated rings. The van der Waals surface area contributed by atoms with Gasteiger partial charge in [0, 0.05) is 6.92 Å². The van der Waals surface area contributed by atoms with E-state index in [1.54, 1.807) is 0 Å². The van der Waals surface area contributed by atoms with Gasteiger partial charge in [-0.2, -0.15) is 0 Å². The first-order valence-corrected chi connectivity index (χ1v) is 7.08. The summed E-state index contributed by atoms with van der Waals surface area (Å²) in [4.78, 5) is 11.3. The van der Waals surface area contributed by atoms with Gasteiger partial charge in [-0.05, 0) is 5.56 Å². The quantitative estimate of drug-likeness (QED) is 0.564. The number of amides is 1. The first-order chi connectivity index (χ1) is 10.5. The number of carbonyl (C=O) groups excluding carboxylic acids is 1. The van der Waals surface area contributed by atoms with Crippen molar-refractivity contribution in [1.29, 1.82) is 0 Å². The molecule has 2 rings (SSSR count). The summed E-state index contributed by atoms with van der Waals surface area (Å²) < 4.78 is 11.1. The van der Waals surface area contributed by atoms with E-state index in [4.69, 9.17) is 9.47 Å². The van der Waals surface area contributed by atoms with E-state index in [1.807, 2.05) is 30.3 Å². The third kappa shape index (κ3) is 4.02. The molecule has 1 heterocycles. The second-order valence-corrected chi connectivity index (χ2v) is 5.23. The van der Waals surface area contributed by atoms with E-state index in [0.717, 1.165) is 5.56 Å². The van der Waals surface area contributed by atoms with Gasteiger partial charge in [-0.25, -0.2) is 0 Å². The van der Waals surface area contributed by atoms with Gasteiger partial charge in [0.1, 0.15) is 24.4 Å². The number of rotatable bonds is 5. The van der Waals surface area contributed by atoms with Crippen LogP contribution in [0.4, 0.5) is 0 Å². The number of benzene rings is 1. The Hall–Kier alpha value is -1.51. The minimum atomic E-state index is -1.31. The van der Waals surface area contributed by atoms with Crippen molar-refractivity contribution in [2.45, 2.75) is 44.2 Å². The summed E-state index contributed by atoms with van der Waals surface area (Å²) >= 11 is 0. The number of hydrogen-bond donors (Lipinski definition) is 4. The largest absolute Gasteiger partial charge is 0.394 e. The Morgan fingerprint density at radius 2 is 1.95 bits per heavy atom. The smallest absolute Gasteiger partial charge is 0.217 e.